The molecule has 2 nitrogen and oxygen atoms in total. The van der Waals surface area contributed by atoms with E-state index in [2.05, 4.69) is 18.8 Å². The van der Waals surface area contributed by atoms with Crippen LogP contribution in [0.1, 0.15) is 27.2 Å². The average molecular weight is 157 g/mol. The van der Waals surface area contributed by atoms with E-state index in [1.54, 1.807) is 13.8 Å². The van der Waals surface area contributed by atoms with Gasteiger partial charge in [0.05, 0.1) is 5.60 Å². The summed E-state index contributed by atoms with van der Waals surface area (Å²) in [4.78, 5) is 0. The topological polar surface area (TPSA) is 32.3 Å². The van der Waals surface area contributed by atoms with Crippen LogP contribution in [0.4, 0.5) is 0 Å². The minimum absolute atomic E-state index is 0.402. The minimum Gasteiger partial charge on any atom is -0.389 e. The molecule has 0 aromatic heterocycles. The van der Waals surface area contributed by atoms with Crippen LogP contribution in [-0.2, 0) is 0 Å². The van der Waals surface area contributed by atoms with Crippen LogP contribution in [0.25, 0.3) is 0 Å². The van der Waals surface area contributed by atoms with Crippen molar-refractivity contribution >= 4 is 0 Å². The number of hydrogen-bond donors (Lipinski definition) is 2. The summed E-state index contributed by atoms with van der Waals surface area (Å²) in [6, 6.07) is 0.402. The van der Waals surface area contributed by atoms with Crippen LogP contribution in [0.15, 0.2) is 12.7 Å². The Morgan fingerprint density at radius 1 is 1.64 bits per heavy atom. The summed E-state index contributed by atoms with van der Waals surface area (Å²) in [5.41, 5.74) is -0.616. The van der Waals surface area contributed by atoms with Gasteiger partial charge in [-0.1, -0.05) is 6.08 Å². The molecule has 0 saturated heterocycles. The molecule has 0 spiro atoms. The van der Waals surface area contributed by atoms with Crippen molar-refractivity contribution in [2.45, 2.75) is 38.8 Å². The normalized spacial score (nSPS) is 14.5. The van der Waals surface area contributed by atoms with E-state index in [1.807, 2.05) is 6.08 Å². The van der Waals surface area contributed by atoms with E-state index in [4.69, 9.17) is 0 Å². The number of aliphatic hydroxyl groups is 1. The Bertz CT molecular complexity index is 115. The van der Waals surface area contributed by atoms with Gasteiger partial charge >= 0.3 is 0 Å². The molecule has 2 N–H and O–H groups in total. The van der Waals surface area contributed by atoms with E-state index in [0.717, 1.165) is 6.42 Å². The second kappa shape index (κ2) is 4.52. The summed E-state index contributed by atoms with van der Waals surface area (Å²) in [6.07, 6.45) is 2.82. The maximum absolute atomic E-state index is 9.35. The molecule has 0 aromatic carbocycles. The van der Waals surface area contributed by atoms with E-state index >= 15 is 0 Å². The molecule has 0 saturated carbocycles. The van der Waals surface area contributed by atoms with E-state index < -0.39 is 5.60 Å². The molecular formula is C9H19NO. The summed E-state index contributed by atoms with van der Waals surface area (Å²) in [7, 11) is 0. The van der Waals surface area contributed by atoms with Crippen molar-refractivity contribution in [1.29, 1.82) is 0 Å². The first-order valence-electron chi connectivity index (χ1n) is 4.02. The fourth-order valence-electron chi connectivity index (χ4n) is 0.757. The minimum atomic E-state index is -0.616. The third-order valence-electron chi connectivity index (χ3n) is 1.40. The van der Waals surface area contributed by atoms with Gasteiger partial charge in [0.25, 0.3) is 0 Å². The molecule has 11 heavy (non-hydrogen) atoms. The van der Waals surface area contributed by atoms with E-state index in [0.29, 0.717) is 12.6 Å². The van der Waals surface area contributed by atoms with Gasteiger partial charge in [-0.3, -0.25) is 0 Å². The van der Waals surface area contributed by atoms with Crippen LogP contribution in [0.3, 0.4) is 0 Å². The highest BCUT2D eigenvalue weighted by Gasteiger charge is 2.12. The van der Waals surface area contributed by atoms with Crippen LogP contribution < -0.4 is 5.32 Å². The van der Waals surface area contributed by atoms with Crippen LogP contribution in [0.5, 0.6) is 0 Å². The maximum atomic E-state index is 9.35. The summed E-state index contributed by atoms with van der Waals surface area (Å²) < 4.78 is 0. The zero-order valence-electron chi connectivity index (χ0n) is 7.72. The van der Waals surface area contributed by atoms with Crippen LogP contribution in [0, 0.1) is 0 Å². The quantitative estimate of drug-likeness (QED) is 0.590. The molecular weight excluding hydrogens is 138 g/mol. The van der Waals surface area contributed by atoms with Gasteiger partial charge in [-0.15, -0.1) is 6.58 Å². The SMILES string of the molecule is C=CCC(C)NCC(C)(C)O. The Kier molecular flexibility index (Phi) is 4.38. The van der Waals surface area contributed by atoms with Crippen LogP contribution in [0.2, 0.25) is 0 Å². The van der Waals surface area contributed by atoms with Gasteiger partial charge in [-0.25, -0.2) is 0 Å². The van der Waals surface area contributed by atoms with Crippen molar-refractivity contribution in [3.63, 3.8) is 0 Å². The Balaban J connectivity index is 3.45. The van der Waals surface area contributed by atoms with Crippen LogP contribution in [-0.4, -0.2) is 23.3 Å². The monoisotopic (exact) mass is 157 g/mol. The number of rotatable bonds is 5. The van der Waals surface area contributed by atoms with E-state index in [1.165, 1.54) is 0 Å². The largest absolute Gasteiger partial charge is 0.389 e. The van der Waals surface area contributed by atoms with Gasteiger partial charge in [0.2, 0.25) is 0 Å². The molecule has 0 fully saturated rings. The Labute approximate surface area is 69.3 Å². The first-order valence-corrected chi connectivity index (χ1v) is 4.02. The van der Waals surface area contributed by atoms with E-state index in [9.17, 15) is 5.11 Å². The summed E-state index contributed by atoms with van der Waals surface area (Å²) in [5, 5.41) is 12.5. The number of nitrogens with one attached hydrogen (secondary N) is 1. The Morgan fingerprint density at radius 2 is 2.18 bits per heavy atom. The van der Waals surface area contributed by atoms with Gasteiger partial charge in [0.1, 0.15) is 0 Å². The predicted octanol–water partition coefficient (Wildman–Crippen LogP) is 1.31. The first kappa shape index (κ1) is 10.7. The van der Waals surface area contributed by atoms with Crippen molar-refractivity contribution in [2.75, 3.05) is 6.54 Å². The van der Waals surface area contributed by atoms with Crippen molar-refractivity contribution in [1.82, 2.24) is 5.32 Å². The number of hydrogen-bond acceptors (Lipinski definition) is 2. The lowest BCUT2D eigenvalue weighted by Crippen LogP contribution is -2.39. The first-order chi connectivity index (χ1) is 4.95. The molecule has 0 aliphatic carbocycles. The zero-order chi connectivity index (χ0) is 8.91. The lowest BCUT2D eigenvalue weighted by atomic mass is 10.1. The van der Waals surface area contributed by atoms with Gasteiger partial charge in [-0.05, 0) is 27.2 Å². The second-order valence-electron chi connectivity index (χ2n) is 3.62. The smallest absolute Gasteiger partial charge is 0.0715 e. The summed E-state index contributed by atoms with van der Waals surface area (Å²) in [5.74, 6) is 0. The zero-order valence-corrected chi connectivity index (χ0v) is 7.72. The fourth-order valence-corrected chi connectivity index (χ4v) is 0.757. The fraction of sp³-hybridized carbons (Fsp3) is 0.778. The molecule has 0 aliphatic heterocycles. The highest BCUT2D eigenvalue weighted by Crippen LogP contribution is 1.99. The van der Waals surface area contributed by atoms with E-state index in [-0.39, 0.29) is 0 Å². The molecule has 2 heteroatoms. The molecule has 0 amide bonds. The maximum Gasteiger partial charge on any atom is 0.0715 e. The van der Waals surface area contributed by atoms with Crippen molar-refractivity contribution in [2.24, 2.45) is 0 Å². The molecule has 66 valence electrons. The third kappa shape index (κ3) is 7.56. The summed E-state index contributed by atoms with van der Waals surface area (Å²) in [6.45, 7) is 9.93. The molecule has 1 atom stereocenters. The molecule has 1 unspecified atom stereocenters. The third-order valence-corrected chi connectivity index (χ3v) is 1.40. The summed E-state index contributed by atoms with van der Waals surface area (Å²) >= 11 is 0. The lowest BCUT2D eigenvalue weighted by molar-refractivity contribution is 0.0771. The highest BCUT2D eigenvalue weighted by molar-refractivity contribution is 4.77. The van der Waals surface area contributed by atoms with Gasteiger partial charge < -0.3 is 10.4 Å². The highest BCUT2D eigenvalue weighted by atomic mass is 16.3. The lowest BCUT2D eigenvalue weighted by Gasteiger charge is -2.20. The Morgan fingerprint density at radius 3 is 2.55 bits per heavy atom. The molecule has 0 radical (unpaired) electrons. The molecule has 0 heterocycles. The molecule has 0 bridgehead atoms. The van der Waals surface area contributed by atoms with Gasteiger partial charge in [0.15, 0.2) is 0 Å². The molecule has 0 aromatic rings. The Hall–Kier alpha value is -0.340. The van der Waals surface area contributed by atoms with Crippen molar-refractivity contribution in [3.05, 3.63) is 12.7 Å². The standard InChI is InChI=1S/C9H19NO/c1-5-6-8(2)10-7-9(3,4)11/h5,8,10-11H,1,6-7H2,2-4H3. The van der Waals surface area contributed by atoms with Crippen molar-refractivity contribution < 1.29 is 5.11 Å². The van der Waals surface area contributed by atoms with Gasteiger partial charge in [0, 0.05) is 12.6 Å². The van der Waals surface area contributed by atoms with Crippen LogP contribution >= 0.6 is 0 Å². The molecule has 0 rings (SSSR count). The predicted molar refractivity (Wildman–Crippen MR) is 48.6 cm³/mol. The molecule has 0 aliphatic rings. The second-order valence-corrected chi connectivity index (χ2v) is 3.62. The van der Waals surface area contributed by atoms with Gasteiger partial charge in [-0.2, -0.15) is 0 Å². The average Bonchev–Trinajstić information content (AvgIpc) is 1.83. The van der Waals surface area contributed by atoms with Crippen molar-refractivity contribution in [3.8, 4) is 0 Å².